The number of pyridine rings is 1. The summed E-state index contributed by atoms with van der Waals surface area (Å²) in [6.07, 6.45) is 4.64. The topological polar surface area (TPSA) is 89.0 Å². The van der Waals surface area contributed by atoms with Crippen molar-refractivity contribution < 1.29 is 4.74 Å². The van der Waals surface area contributed by atoms with E-state index in [0.717, 1.165) is 35.0 Å². The van der Waals surface area contributed by atoms with Gasteiger partial charge in [-0.25, -0.2) is 15.0 Å². The molecule has 1 N–H and O–H groups in total. The van der Waals surface area contributed by atoms with Gasteiger partial charge in [-0.15, -0.1) is 21.5 Å². The molecule has 3 aromatic heterocycles. The van der Waals surface area contributed by atoms with Crippen molar-refractivity contribution in [3.8, 4) is 27.7 Å². The summed E-state index contributed by atoms with van der Waals surface area (Å²) in [4.78, 5) is 16.7. The number of nitrogens with zero attached hydrogens (tertiary/aromatic N) is 6. The zero-order chi connectivity index (χ0) is 21.3. The molecule has 4 rings (SSSR count). The van der Waals surface area contributed by atoms with Gasteiger partial charge in [0, 0.05) is 30.9 Å². The van der Waals surface area contributed by atoms with Crippen molar-refractivity contribution >= 4 is 17.3 Å². The molecule has 0 unspecified atom stereocenters. The van der Waals surface area contributed by atoms with E-state index in [-0.39, 0.29) is 5.54 Å². The molecule has 1 aliphatic rings. The first-order valence-corrected chi connectivity index (χ1v) is 10.8. The summed E-state index contributed by atoms with van der Waals surface area (Å²) in [5.41, 5.74) is 2.31. The Morgan fingerprint density at radius 3 is 2.60 bits per heavy atom. The third-order valence-corrected chi connectivity index (χ3v) is 5.81. The van der Waals surface area contributed by atoms with Gasteiger partial charge in [0.1, 0.15) is 5.69 Å². The molecule has 0 radical (unpaired) electrons. The van der Waals surface area contributed by atoms with Crippen molar-refractivity contribution in [3.63, 3.8) is 0 Å². The Balaban J connectivity index is 1.50. The maximum Gasteiger partial charge on any atom is 0.245 e. The quantitative estimate of drug-likeness (QED) is 0.666. The summed E-state index contributed by atoms with van der Waals surface area (Å²) in [7, 11) is 1.62. The van der Waals surface area contributed by atoms with Crippen LogP contribution in [0.2, 0.25) is 0 Å². The highest BCUT2D eigenvalue weighted by Gasteiger charge is 2.27. The second-order valence-electron chi connectivity index (χ2n) is 8.47. The predicted octanol–water partition coefficient (Wildman–Crippen LogP) is 3.34. The Bertz CT molecular complexity index is 1010. The number of anilines is 1. The van der Waals surface area contributed by atoms with Gasteiger partial charge in [0.25, 0.3) is 0 Å². The number of hydrogen-bond donors (Lipinski definition) is 1. The predicted molar refractivity (Wildman–Crippen MR) is 119 cm³/mol. The molecule has 9 heteroatoms. The first-order chi connectivity index (χ1) is 14.3. The van der Waals surface area contributed by atoms with Crippen LogP contribution in [-0.2, 0) is 0 Å². The van der Waals surface area contributed by atoms with Crippen LogP contribution in [0.1, 0.15) is 32.2 Å². The average Bonchev–Trinajstić information content (AvgIpc) is 3.35. The SMILES string of the molecule is COc1nc(-c2cnc(N3CC[C@@H](NC(C)(C)C)C3)nn2)ccc1-c1cnc(C)s1. The van der Waals surface area contributed by atoms with E-state index in [9.17, 15) is 0 Å². The first-order valence-electron chi connectivity index (χ1n) is 10.0. The zero-order valence-corrected chi connectivity index (χ0v) is 18.8. The highest BCUT2D eigenvalue weighted by molar-refractivity contribution is 7.15. The van der Waals surface area contributed by atoms with Crippen molar-refractivity contribution in [2.24, 2.45) is 0 Å². The van der Waals surface area contributed by atoms with Crippen molar-refractivity contribution in [1.29, 1.82) is 0 Å². The van der Waals surface area contributed by atoms with E-state index in [1.807, 2.05) is 25.3 Å². The highest BCUT2D eigenvalue weighted by atomic mass is 32.1. The zero-order valence-electron chi connectivity index (χ0n) is 18.0. The van der Waals surface area contributed by atoms with Gasteiger partial charge in [-0.05, 0) is 46.2 Å². The number of methoxy groups -OCH3 is 1. The van der Waals surface area contributed by atoms with Crippen LogP contribution < -0.4 is 15.0 Å². The second kappa shape index (κ2) is 8.23. The van der Waals surface area contributed by atoms with E-state index < -0.39 is 0 Å². The fourth-order valence-electron chi connectivity index (χ4n) is 3.62. The molecule has 1 fully saturated rings. The molecule has 1 saturated heterocycles. The molecular weight excluding hydrogens is 398 g/mol. The largest absolute Gasteiger partial charge is 0.481 e. The lowest BCUT2D eigenvalue weighted by molar-refractivity contribution is 0.373. The molecule has 30 heavy (non-hydrogen) atoms. The molecule has 4 heterocycles. The van der Waals surface area contributed by atoms with Crippen LogP contribution in [0.15, 0.2) is 24.5 Å². The number of hydrogen-bond acceptors (Lipinski definition) is 9. The van der Waals surface area contributed by atoms with Crippen molar-refractivity contribution in [1.82, 2.24) is 30.5 Å². The Labute approximate surface area is 180 Å². The summed E-state index contributed by atoms with van der Waals surface area (Å²) in [5, 5.41) is 13.4. The maximum atomic E-state index is 5.51. The summed E-state index contributed by atoms with van der Waals surface area (Å²) in [6.45, 7) is 10.3. The van der Waals surface area contributed by atoms with Crippen LogP contribution in [0.25, 0.3) is 21.8 Å². The minimum Gasteiger partial charge on any atom is -0.481 e. The number of nitrogens with one attached hydrogen (secondary N) is 1. The van der Waals surface area contributed by atoms with Gasteiger partial charge in [-0.2, -0.15) is 0 Å². The number of aromatic nitrogens is 5. The minimum atomic E-state index is 0.0956. The number of ether oxygens (including phenoxy) is 1. The van der Waals surface area contributed by atoms with E-state index in [0.29, 0.717) is 29.3 Å². The van der Waals surface area contributed by atoms with E-state index in [2.05, 4.69) is 56.1 Å². The van der Waals surface area contributed by atoms with Crippen LogP contribution >= 0.6 is 11.3 Å². The van der Waals surface area contributed by atoms with Gasteiger partial charge in [-0.3, -0.25) is 0 Å². The normalized spacial score (nSPS) is 16.8. The Morgan fingerprint density at radius 2 is 1.97 bits per heavy atom. The van der Waals surface area contributed by atoms with Gasteiger partial charge in [0.15, 0.2) is 0 Å². The molecule has 3 aromatic rings. The van der Waals surface area contributed by atoms with Gasteiger partial charge in [-0.1, -0.05) is 0 Å². The van der Waals surface area contributed by atoms with E-state index in [1.165, 1.54) is 0 Å². The Hall–Kier alpha value is -2.65. The monoisotopic (exact) mass is 425 g/mol. The smallest absolute Gasteiger partial charge is 0.245 e. The third-order valence-electron chi connectivity index (χ3n) is 4.86. The first kappa shape index (κ1) is 20.6. The van der Waals surface area contributed by atoms with E-state index in [4.69, 9.17) is 4.74 Å². The molecule has 0 bridgehead atoms. The van der Waals surface area contributed by atoms with Crippen LogP contribution in [0.5, 0.6) is 5.88 Å². The van der Waals surface area contributed by atoms with E-state index >= 15 is 0 Å². The molecule has 0 aliphatic carbocycles. The molecule has 0 spiro atoms. The van der Waals surface area contributed by atoms with Crippen LogP contribution in [-0.4, -0.2) is 56.9 Å². The van der Waals surface area contributed by atoms with Crippen LogP contribution in [0.3, 0.4) is 0 Å². The lowest BCUT2D eigenvalue weighted by atomic mass is 10.1. The number of aryl methyl sites for hydroxylation is 1. The summed E-state index contributed by atoms with van der Waals surface area (Å²) < 4.78 is 5.51. The Morgan fingerprint density at radius 1 is 1.13 bits per heavy atom. The fraction of sp³-hybridized carbons (Fsp3) is 0.476. The lowest BCUT2D eigenvalue weighted by Gasteiger charge is -2.25. The minimum absolute atomic E-state index is 0.0956. The number of rotatable bonds is 5. The molecule has 8 nitrogen and oxygen atoms in total. The molecular formula is C21H27N7OS. The molecule has 1 atom stereocenters. The van der Waals surface area contributed by atoms with Crippen molar-refractivity contribution in [3.05, 3.63) is 29.5 Å². The molecule has 1 aliphatic heterocycles. The summed E-state index contributed by atoms with van der Waals surface area (Å²) in [5.74, 6) is 1.19. The summed E-state index contributed by atoms with van der Waals surface area (Å²) in [6, 6.07) is 4.33. The second-order valence-corrected chi connectivity index (χ2v) is 9.70. The van der Waals surface area contributed by atoms with Crippen molar-refractivity contribution in [2.75, 3.05) is 25.1 Å². The van der Waals surface area contributed by atoms with Crippen LogP contribution in [0, 0.1) is 6.92 Å². The van der Waals surface area contributed by atoms with E-state index in [1.54, 1.807) is 24.6 Å². The van der Waals surface area contributed by atoms with Gasteiger partial charge in [0.2, 0.25) is 11.8 Å². The lowest BCUT2D eigenvalue weighted by Crippen LogP contribution is -2.45. The van der Waals surface area contributed by atoms with Gasteiger partial charge >= 0.3 is 0 Å². The third kappa shape index (κ3) is 4.57. The molecule has 0 aromatic carbocycles. The fourth-order valence-corrected chi connectivity index (χ4v) is 4.41. The summed E-state index contributed by atoms with van der Waals surface area (Å²) >= 11 is 1.61. The molecule has 0 amide bonds. The van der Waals surface area contributed by atoms with Gasteiger partial charge in [0.05, 0.1) is 34.4 Å². The highest BCUT2D eigenvalue weighted by Crippen LogP contribution is 2.34. The van der Waals surface area contributed by atoms with Crippen molar-refractivity contribution in [2.45, 2.75) is 45.7 Å². The number of thiazole rings is 1. The standard InChI is InChI=1S/C21H27N7OS/c1-13-22-11-18(30-13)15-6-7-16(24-19(15)29-5)17-10-23-20(27-26-17)28-9-8-14(12-28)25-21(2,3)4/h6-7,10-11,14,25H,8-9,12H2,1-5H3/t14-/m1/s1. The maximum absolute atomic E-state index is 5.51. The molecule has 158 valence electrons. The average molecular weight is 426 g/mol. The molecule has 0 saturated carbocycles. The van der Waals surface area contributed by atoms with Crippen LogP contribution in [0.4, 0.5) is 5.95 Å². The van der Waals surface area contributed by atoms with Gasteiger partial charge < -0.3 is 15.0 Å². The Kier molecular flexibility index (Phi) is 5.66.